The van der Waals surface area contributed by atoms with Gasteiger partial charge in [-0.2, -0.15) is 0 Å². The van der Waals surface area contributed by atoms with Crippen LogP contribution < -0.4 is 10.5 Å². The van der Waals surface area contributed by atoms with Gasteiger partial charge in [-0.1, -0.05) is 12.1 Å². The van der Waals surface area contributed by atoms with E-state index in [4.69, 9.17) is 0 Å². The number of nitro groups is 1. The molecule has 1 aromatic heterocycles. The zero-order valence-electron chi connectivity index (χ0n) is 17.9. The quantitative estimate of drug-likeness (QED) is 0.469. The van der Waals surface area contributed by atoms with Crippen LogP contribution in [0.4, 0.5) is 11.4 Å². The molecule has 0 bridgehead atoms. The predicted molar refractivity (Wildman–Crippen MR) is 122 cm³/mol. The van der Waals surface area contributed by atoms with Gasteiger partial charge in [0.1, 0.15) is 5.82 Å². The Morgan fingerprint density at radius 1 is 1.19 bits per heavy atom. The lowest BCUT2D eigenvalue weighted by Crippen LogP contribution is -2.35. The Hall–Kier alpha value is -3.75. The van der Waals surface area contributed by atoms with Crippen molar-refractivity contribution in [3.05, 3.63) is 74.3 Å². The average Bonchev–Trinajstić information content (AvgIpc) is 2.82. The number of carbonyl (C=O) groups is 1. The van der Waals surface area contributed by atoms with Gasteiger partial charge in [0.2, 0.25) is 0 Å². The van der Waals surface area contributed by atoms with Crippen LogP contribution >= 0.6 is 0 Å². The maximum atomic E-state index is 13.5. The number of benzene rings is 2. The second kappa shape index (κ2) is 9.17. The van der Waals surface area contributed by atoms with E-state index in [0.29, 0.717) is 34.5 Å². The Morgan fingerprint density at radius 3 is 2.66 bits per heavy atom. The summed E-state index contributed by atoms with van der Waals surface area (Å²) in [6.45, 7) is 3.90. The standard InChI is InChI=1S/C23H25N5O4/c1-2-26(15-21-24-19-9-5-4-8-17(19)22(29)25-21)23(30)18-14-16(28(31)32)10-11-20(18)27-12-6-3-7-13-27/h4-5,8-11,14H,2-3,6-7,12-13,15H2,1H3,(H,24,25,29). The lowest BCUT2D eigenvalue weighted by atomic mass is 10.1. The van der Waals surface area contributed by atoms with E-state index < -0.39 is 4.92 Å². The minimum atomic E-state index is -0.491. The van der Waals surface area contributed by atoms with Crippen molar-refractivity contribution < 1.29 is 9.72 Å². The van der Waals surface area contributed by atoms with E-state index in [0.717, 1.165) is 32.4 Å². The number of hydrogen-bond donors (Lipinski definition) is 1. The summed E-state index contributed by atoms with van der Waals surface area (Å²) in [5, 5.41) is 11.9. The maximum absolute atomic E-state index is 13.5. The predicted octanol–water partition coefficient (Wildman–Crippen LogP) is 3.48. The van der Waals surface area contributed by atoms with Crippen molar-refractivity contribution in [1.29, 1.82) is 0 Å². The number of aromatic nitrogens is 2. The fourth-order valence-electron chi connectivity index (χ4n) is 4.11. The molecule has 32 heavy (non-hydrogen) atoms. The van der Waals surface area contributed by atoms with Crippen LogP contribution in [-0.4, -0.2) is 45.3 Å². The van der Waals surface area contributed by atoms with Crippen molar-refractivity contribution in [2.45, 2.75) is 32.7 Å². The molecule has 0 saturated carbocycles. The lowest BCUT2D eigenvalue weighted by molar-refractivity contribution is -0.384. The fraction of sp³-hybridized carbons (Fsp3) is 0.348. The number of rotatable bonds is 6. The highest BCUT2D eigenvalue weighted by atomic mass is 16.6. The van der Waals surface area contributed by atoms with Crippen molar-refractivity contribution in [3.8, 4) is 0 Å². The maximum Gasteiger partial charge on any atom is 0.270 e. The third-order valence-corrected chi connectivity index (χ3v) is 5.79. The molecule has 1 amide bonds. The van der Waals surface area contributed by atoms with Crippen LogP contribution in [-0.2, 0) is 6.54 Å². The summed E-state index contributed by atoms with van der Waals surface area (Å²) in [5.41, 5.74) is 1.17. The van der Waals surface area contributed by atoms with Gasteiger partial charge in [-0.25, -0.2) is 4.98 Å². The summed E-state index contributed by atoms with van der Waals surface area (Å²) >= 11 is 0. The van der Waals surface area contributed by atoms with Gasteiger partial charge in [0.05, 0.1) is 33.6 Å². The van der Waals surface area contributed by atoms with E-state index in [1.807, 2.05) is 6.92 Å². The van der Waals surface area contributed by atoms with Crippen LogP contribution in [0.5, 0.6) is 0 Å². The Kier molecular flexibility index (Phi) is 6.16. The molecule has 1 N–H and O–H groups in total. The number of fused-ring (bicyclic) bond motifs is 1. The first-order valence-electron chi connectivity index (χ1n) is 10.8. The van der Waals surface area contributed by atoms with Gasteiger partial charge in [0, 0.05) is 31.8 Å². The van der Waals surface area contributed by atoms with Crippen molar-refractivity contribution in [2.24, 2.45) is 0 Å². The van der Waals surface area contributed by atoms with Gasteiger partial charge in [-0.3, -0.25) is 19.7 Å². The third-order valence-electron chi connectivity index (χ3n) is 5.79. The molecular weight excluding hydrogens is 410 g/mol. The molecule has 1 fully saturated rings. The zero-order chi connectivity index (χ0) is 22.7. The molecule has 9 heteroatoms. The molecule has 1 aliphatic rings. The molecule has 1 aliphatic heterocycles. The number of nitrogens with zero attached hydrogens (tertiary/aromatic N) is 4. The number of piperidine rings is 1. The summed E-state index contributed by atoms with van der Waals surface area (Å²) in [4.78, 5) is 47.7. The van der Waals surface area contributed by atoms with Gasteiger partial charge in [-0.15, -0.1) is 0 Å². The van der Waals surface area contributed by atoms with Crippen molar-refractivity contribution in [2.75, 3.05) is 24.5 Å². The summed E-state index contributed by atoms with van der Waals surface area (Å²) in [6.07, 6.45) is 3.17. The third kappa shape index (κ3) is 4.32. The normalized spacial score (nSPS) is 13.8. The van der Waals surface area contributed by atoms with E-state index in [9.17, 15) is 19.7 Å². The van der Waals surface area contributed by atoms with E-state index >= 15 is 0 Å². The number of hydrogen-bond acceptors (Lipinski definition) is 6. The average molecular weight is 435 g/mol. The zero-order valence-corrected chi connectivity index (χ0v) is 17.9. The molecule has 0 radical (unpaired) electrons. The number of H-pyrrole nitrogens is 1. The smallest absolute Gasteiger partial charge is 0.270 e. The SMILES string of the molecule is CCN(Cc1nc2ccccc2c(=O)[nH]1)C(=O)c1cc([N+](=O)[O-])ccc1N1CCCCC1. The first-order valence-corrected chi connectivity index (χ1v) is 10.8. The van der Waals surface area contributed by atoms with Gasteiger partial charge in [-0.05, 0) is 44.4 Å². The molecule has 0 atom stereocenters. The van der Waals surface area contributed by atoms with E-state index in [2.05, 4.69) is 14.9 Å². The number of nitro benzene ring substituents is 1. The van der Waals surface area contributed by atoms with Gasteiger partial charge >= 0.3 is 0 Å². The molecule has 0 spiro atoms. The molecule has 0 unspecified atom stereocenters. The largest absolute Gasteiger partial charge is 0.371 e. The van der Waals surface area contributed by atoms with Crippen LogP contribution in [0.25, 0.3) is 10.9 Å². The number of anilines is 1. The molecule has 2 heterocycles. The van der Waals surface area contributed by atoms with E-state index in [-0.39, 0.29) is 23.7 Å². The number of carbonyl (C=O) groups excluding carboxylic acids is 1. The van der Waals surface area contributed by atoms with Crippen molar-refractivity contribution >= 4 is 28.2 Å². The second-order valence-corrected chi connectivity index (χ2v) is 7.86. The summed E-state index contributed by atoms with van der Waals surface area (Å²) < 4.78 is 0. The van der Waals surface area contributed by atoms with E-state index in [1.165, 1.54) is 12.1 Å². The lowest BCUT2D eigenvalue weighted by Gasteiger charge is -2.31. The number of non-ortho nitro benzene ring substituents is 1. The van der Waals surface area contributed by atoms with Crippen LogP contribution in [0, 0.1) is 10.1 Å². The second-order valence-electron chi connectivity index (χ2n) is 7.86. The molecule has 4 rings (SSSR count). The first kappa shape index (κ1) is 21.5. The number of para-hydroxylation sites is 1. The fourth-order valence-corrected chi connectivity index (χ4v) is 4.11. The molecule has 2 aromatic carbocycles. The summed E-state index contributed by atoms with van der Waals surface area (Å²) in [7, 11) is 0. The Morgan fingerprint density at radius 2 is 1.94 bits per heavy atom. The minimum Gasteiger partial charge on any atom is -0.371 e. The topological polar surface area (TPSA) is 112 Å². The summed E-state index contributed by atoms with van der Waals surface area (Å²) in [6, 6.07) is 11.5. The highest BCUT2D eigenvalue weighted by molar-refractivity contribution is 6.00. The van der Waals surface area contributed by atoms with Gasteiger partial charge in [0.15, 0.2) is 0 Å². The monoisotopic (exact) mass is 435 g/mol. The Labute approximate surface area is 184 Å². The molecule has 0 aliphatic carbocycles. The van der Waals surface area contributed by atoms with Crippen LogP contribution in [0.15, 0.2) is 47.3 Å². The Balaban J connectivity index is 1.69. The Bertz CT molecular complexity index is 1220. The minimum absolute atomic E-state index is 0.0948. The molecule has 9 nitrogen and oxygen atoms in total. The summed E-state index contributed by atoms with van der Waals surface area (Å²) in [5.74, 6) is 0.0430. The highest BCUT2D eigenvalue weighted by Gasteiger charge is 2.25. The number of amides is 1. The van der Waals surface area contributed by atoms with Crippen LogP contribution in [0.3, 0.4) is 0 Å². The molecule has 3 aromatic rings. The van der Waals surface area contributed by atoms with Crippen molar-refractivity contribution in [1.82, 2.24) is 14.9 Å². The number of nitrogens with one attached hydrogen (secondary N) is 1. The highest BCUT2D eigenvalue weighted by Crippen LogP contribution is 2.29. The van der Waals surface area contributed by atoms with Gasteiger partial charge < -0.3 is 14.8 Å². The van der Waals surface area contributed by atoms with Crippen LogP contribution in [0.2, 0.25) is 0 Å². The molecule has 1 saturated heterocycles. The van der Waals surface area contributed by atoms with Gasteiger partial charge in [0.25, 0.3) is 17.2 Å². The molecular formula is C23H25N5O4. The van der Waals surface area contributed by atoms with Crippen LogP contribution in [0.1, 0.15) is 42.4 Å². The first-order chi connectivity index (χ1) is 15.5. The van der Waals surface area contributed by atoms with E-state index in [1.54, 1.807) is 35.2 Å². The number of aromatic amines is 1. The van der Waals surface area contributed by atoms with Crippen molar-refractivity contribution in [3.63, 3.8) is 0 Å². The molecule has 166 valence electrons.